The van der Waals surface area contributed by atoms with Gasteiger partial charge in [-0.2, -0.15) is 0 Å². The van der Waals surface area contributed by atoms with Crippen molar-refractivity contribution >= 4 is 11.6 Å². The fourth-order valence-corrected chi connectivity index (χ4v) is 2.55. The van der Waals surface area contributed by atoms with Gasteiger partial charge in [-0.05, 0) is 24.5 Å². The van der Waals surface area contributed by atoms with Crippen LogP contribution in [0.25, 0.3) is 0 Å². The summed E-state index contributed by atoms with van der Waals surface area (Å²) in [5.41, 5.74) is 2.63. The number of fused-ring (bicyclic) bond motifs is 3. The van der Waals surface area contributed by atoms with E-state index in [0.717, 1.165) is 19.4 Å². The number of nitrogens with zero attached hydrogens (tertiary/aromatic N) is 1. The largest absolute Gasteiger partial charge is 0.357 e. The average molecular weight is 202 g/mol. The fraction of sp³-hybridized carbons (Fsp3) is 0.417. The topological polar surface area (TPSA) is 32.3 Å². The van der Waals surface area contributed by atoms with Crippen LogP contribution >= 0.6 is 0 Å². The Bertz CT molecular complexity index is 402. The first-order valence-electron chi connectivity index (χ1n) is 5.46. The highest BCUT2D eigenvalue weighted by Gasteiger charge is 2.30. The van der Waals surface area contributed by atoms with Crippen LogP contribution in [-0.2, 0) is 11.2 Å². The highest BCUT2D eigenvalue weighted by Crippen LogP contribution is 2.30. The Morgan fingerprint density at radius 2 is 2.20 bits per heavy atom. The van der Waals surface area contributed by atoms with E-state index in [1.165, 1.54) is 11.3 Å². The van der Waals surface area contributed by atoms with Gasteiger partial charge in [0.1, 0.15) is 0 Å². The second-order valence-electron chi connectivity index (χ2n) is 4.25. The number of carbonyl (C=O) groups excluding carboxylic acids is 1. The number of aryl methyl sites for hydroxylation is 1. The van der Waals surface area contributed by atoms with Crippen molar-refractivity contribution in [2.75, 3.05) is 18.0 Å². The smallest absolute Gasteiger partial charge is 0.239 e. The molecule has 1 aromatic rings. The SMILES string of the molecule is O=C1CN2c3ccccc3CCC2CN1. The van der Waals surface area contributed by atoms with Gasteiger partial charge in [0.05, 0.1) is 6.54 Å². The number of benzene rings is 1. The lowest BCUT2D eigenvalue weighted by atomic mass is 9.94. The van der Waals surface area contributed by atoms with Crippen molar-refractivity contribution in [2.24, 2.45) is 0 Å². The van der Waals surface area contributed by atoms with Crippen molar-refractivity contribution in [1.29, 1.82) is 0 Å². The lowest BCUT2D eigenvalue weighted by Gasteiger charge is -2.41. The molecule has 1 amide bonds. The van der Waals surface area contributed by atoms with E-state index in [1.807, 2.05) is 6.07 Å². The van der Waals surface area contributed by atoms with Crippen LogP contribution in [0.3, 0.4) is 0 Å². The summed E-state index contributed by atoms with van der Waals surface area (Å²) in [5, 5.41) is 2.93. The third-order valence-electron chi connectivity index (χ3n) is 3.34. The predicted molar refractivity (Wildman–Crippen MR) is 58.9 cm³/mol. The minimum Gasteiger partial charge on any atom is -0.357 e. The number of amides is 1. The van der Waals surface area contributed by atoms with E-state index in [4.69, 9.17) is 0 Å². The quantitative estimate of drug-likeness (QED) is 0.679. The molecule has 1 aromatic carbocycles. The molecule has 1 unspecified atom stereocenters. The molecule has 2 heterocycles. The van der Waals surface area contributed by atoms with Gasteiger partial charge in [-0.15, -0.1) is 0 Å². The van der Waals surface area contributed by atoms with Gasteiger partial charge >= 0.3 is 0 Å². The zero-order valence-corrected chi connectivity index (χ0v) is 8.57. The van der Waals surface area contributed by atoms with Crippen molar-refractivity contribution in [3.05, 3.63) is 29.8 Å². The molecule has 1 atom stereocenters. The molecule has 1 fully saturated rings. The molecule has 2 aliphatic heterocycles. The molecule has 3 nitrogen and oxygen atoms in total. The van der Waals surface area contributed by atoms with Crippen molar-refractivity contribution < 1.29 is 4.79 Å². The summed E-state index contributed by atoms with van der Waals surface area (Å²) in [4.78, 5) is 13.6. The fourth-order valence-electron chi connectivity index (χ4n) is 2.55. The summed E-state index contributed by atoms with van der Waals surface area (Å²) >= 11 is 0. The Kier molecular flexibility index (Phi) is 1.91. The zero-order chi connectivity index (χ0) is 10.3. The zero-order valence-electron chi connectivity index (χ0n) is 8.57. The Hall–Kier alpha value is -1.51. The maximum absolute atomic E-state index is 11.4. The monoisotopic (exact) mass is 202 g/mol. The maximum atomic E-state index is 11.4. The number of carbonyl (C=O) groups is 1. The molecule has 1 saturated heterocycles. The molecular formula is C12H14N2O. The highest BCUT2D eigenvalue weighted by molar-refractivity contribution is 5.83. The molecule has 1 N–H and O–H groups in total. The van der Waals surface area contributed by atoms with E-state index >= 15 is 0 Å². The molecule has 3 rings (SSSR count). The third-order valence-corrected chi connectivity index (χ3v) is 3.34. The lowest BCUT2D eigenvalue weighted by Crippen LogP contribution is -2.56. The number of anilines is 1. The maximum Gasteiger partial charge on any atom is 0.239 e. The standard InChI is InChI=1S/C12H14N2O/c15-12-8-14-10(7-13-12)6-5-9-3-1-2-4-11(9)14/h1-4,10H,5-8H2,(H,13,15). The van der Waals surface area contributed by atoms with Crippen LogP contribution in [0.5, 0.6) is 0 Å². The summed E-state index contributed by atoms with van der Waals surface area (Å²) in [7, 11) is 0. The molecule has 0 bridgehead atoms. The first-order valence-corrected chi connectivity index (χ1v) is 5.46. The van der Waals surface area contributed by atoms with E-state index in [2.05, 4.69) is 28.4 Å². The van der Waals surface area contributed by atoms with E-state index in [9.17, 15) is 4.79 Å². The van der Waals surface area contributed by atoms with Crippen LogP contribution in [-0.4, -0.2) is 25.0 Å². The Balaban J connectivity index is 2.00. The van der Waals surface area contributed by atoms with Gasteiger partial charge in [0.2, 0.25) is 5.91 Å². The van der Waals surface area contributed by atoms with E-state index < -0.39 is 0 Å². The minimum atomic E-state index is 0.142. The summed E-state index contributed by atoms with van der Waals surface area (Å²) in [6.45, 7) is 1.31. The van der Waals surface area contributed by atoms with Crippen molar-refractivity contribution in [3.63, 3.8) is 0 Å². The van der Waals surface area contributed by atoms with E-state index in [0.29, 0.717) is 12.6 Å². The Morgan fingerprint density at radius 1 is 1.33 bits per heavy atom. The number of piperazine rings is 1. The molecule has 2 aliphatic rings. The highest BCUT2D eigenvalue weighted by atomic mass is 16.2. The number of rotatable bonds is 0. The number of hydrogen-bond acceptors (Lipinski definition) is 2. The van der Waals surface area contributed by atoms with Crippen molar-refractivity contribution in [3.8, 4) is 0 Å². The van der Waals surface area contributed by atoms with Gasteiger partial charge in [-0.25, -0.2) is 0 Å². The number of nitrogens with one attached hydrogen (secondary N) is 1. The molecule has 0 saturated carbocycles. The predicted octanol–water partition coefficient (Wildman–Crippen LogP) is 0.938. The van der Waals surface area contributed by atoms with Crippen LogP contribution < -0.4 is 10.2 Å². The first kappa shape index (κ1) is 8.77. The first-order chi connectivity index (χ1) is 7.34. The molecule has 0 aromatic heterocycles. The van der Waals surface area contributed by atoms with Gasteiger partial charge in [0.15, 0.2) is 0 Å². The van der Waals surface area contributed by atoms with Gasteiger partial charge in [-0.3, -0.25) is 4.79 Å². The summed E-state index contributed by atoms with van der Waals surface area (Å²) in [6, 6.07) is 8.91. The summed E-state index contributed by atoms with van der Waals surface area (Å²) < 4.78 is 0. The van der Waals surface area contributed by atoms with Crippen LogP contribution in [0.1, 0.15) is 12.0 Å². The Labute approximate surface area is 89.1 Å². The summed E-state index contributed by atoms with van der Waals surface area (Å²) in [6.07, 6.45) is 2.28. The minimum absolute atomic E-state index is 0.142. The molecule has 15 heavy (non-hydrogen) atoms. The second-order valence-corrected chi connectivity index (χ2v) is 4.25. The third kappa shape index (κ3) is 1.39. The van der Waals surface area contributed by atoms with Gasteiger partial charge in [0.25, 0.3) is 0 Å². The number of hydrogen-bond donors (Lipinski definition) is 1. The number of para-hydroxylation sites is 1. The molecule has 3 heteroatoms. The van der Waals surface area contributed by atoms with E-state index in [-0.39, 0.29) is 5.91 Å². The average Bonchev–Trinajstić information content (AvgIpc) is 2.29. The van der Waals surface area contributed by atoms with Crippen LogP contribution in [0.4, 0.5) is 5.69 Å². The van der Waals surface area contributed by atoms with E-state index in [1.54, 1.807) is 0 Å². The van der Waals surface area contributed by atoms with Crippen molar-refractivity contribution in [2.45, 2.75) is 18.9 Å². The molecular weight excluding hydrogens is 188 g/mol. The van der Waals surface area contributed by atoms with Crippen LogP contribution in [0.2, 0.25) is 0 Å². The van der Waals surface area contributed by atoms with Gasteiger partial charge in [0, 0.05) is 18.3 Å². The van der Waals surface area contributed by atoms with Crippen molar-refractivity contribution in [1.82, 2.24) is 5.32 Å². The van der Waals surface area contributed by atoms with Gasteiger partial charge < -0.3 is 10.2 Å². The molecule has 0 aliphatic carbocycles. The van der Waals surface area contributed by atoms with Crippen LogP contribution in [0.15, 0.2) is 24.3 Å². The molecule has 78 valence electrons. The Morgan fingerprint density at radius 3 is 3.13 bits per heavy atom. The summed E-state index contributed by atoms with van der Waals surface area (Å²) in [5.74, 6) is 0.142. The molecule has 0 spiro atoms. The molecule has 0 radical (unpaired) electrons. The van der Waals surface area contributed by atoms with Gasteiger partial charge in [-0.1, -0.05) is 18.2 Å². The van der Waals surface area contributed by atoms with Crippen LogP contribution in [0, 0.1) is 0 Å². The normalized spacial score (nSPS) is 24.1. The lowest BCUT2D eigenvalue weighted by molar-refractivity contribution is -0.120. The second kappa shape index (κ2) is 3.26.